The summed E-state index contributed by atoms with van der Waals surface area (Å²) in [6.07, 6.45) is 1.69. The van der Waals surface area contributed by atoms with Crippen LogP contribution < -0.4 is 4.68 Å². The summed E-state index contributed by atoms with van der Waals surface area (Å²) >= 11 is 6.11. The second-order valence-corrected chi connectivity index (χ2v) is 8.53. The topological polar surface area (TPSA) is 52.1 Å². The van der Waals surface area contributed by atoms with E-state index in [1.165, 1.54) is 4.68 Å². The molecule has 0 saturated heterocycles. The van der Waals surface area contributed by atoms with E-state index in [1.807, 2.05) is 55.5 Å². The molecule has 0 aliphatic heterocycles. The van der Waals surface area contributed by atoms with Crippen LogP contribution in [0.2, 0.25) is 5.02 Å². The summed E-state index contributed by atoms with van der Waals surface area (Å²) in [5.74, 6) is 0. The van der Waals surface area contributed by atoms with Crippen LogP contribution in [-0.4, -0.2) is 8.42 Å². The third-order valence-corrected chi connectivity index (χ3v) is 5.93. The van der Waals surface area contributed by atoms with Gasteiger partial charge >= 0.3 is 0 Å². The largest absolute Gasteiger partial charge is 0.317 e. The molecule has 140 valence electrons. The standard InChI is InChI=1S/C22H17ClN2O2S/c1-16-7-11-21(12-8-16)28(26,27)24-25-15-19-13-20(23)10-9-18(19)14-22(25)17-5-3-2-4-6-17/h2-15H,1H3. The Hall–Kier alpha value is -2.89. The maximum atomic E-state index is 12.9. The smallest absolute Gasteiger partial charge is 0.209 e. The Balaban J connectivity index is 1.87. The molecule has 0 bridgehead atoms. The van der Waals surface area contributed by atoms with Gasteiger partial charge in [0.05, 0.1) is 4.90 Å². The molecular weight excluding hydrogens is 392 g/mol. The highest BCUT2D eigenvalue weighted by Crippen LogP contribution is 2.25. The Morgan fingerprint density at radius 1 is 0.857 bits per heavy atom. The molecule has 1 heterocycles. The molecule has 0 unspecified atom stereocenters. The van der Waals surface area contributed by atoms with Gasteiger partial charge in [-0.15, -0.1) is 0 Å². The minimum atomic E-state index is -3.88. The number of hydrogen-bond donors (Lipinski definition) is 0. The molecule has 4 aromatic rings. The van der Waals surface area contributed by atoms with Crippen LogP contribution in [0.1, 0.15) is 5.56 Å². The predicted molar refractivity (Wildman–Crippen MR) is 112 cm³/mol. The quantitative estimate of drug-likeness (QED) is 0.431. The van der Waals surface area contributed by atoms with Crippen LogP contribution in [0.3, 0.4) is 0 Å². The zero-order valence-corrected chi connectivity index (χ0v) is 16.7. The summed E-state index contributed by atoms with van der Waals surface area (Å²) in [6.45, 7) is 1.91. The summed E-state index contributed by atoms with van der Waals surface area (Å²) < 4.78 is 27.2. The molecule has 0 saturated carbocycles. The minimum Gasteiger partial charge on any atom is -0.317 e. The lowest BCUT2D eigenvalue weighted by Gasteiger charge is -2.18. The van der Waals surface area contributed by atoms with Crippen LogP contribution in [0.4, 0.5) is 0 Å². The molecule has 1 aromatic heterocycles. The van der Waals surface area contributed by atoms with Crippen LogP contribution in [-0.2, 0) is 10.0 Å². The van der Waals surface area contributed by atoms with Gasteiger partial charge in [0.1, 0.15) is 0 Å². The SMILES string of the molecule is Cc1ccc(S(=O)(=O)[N-][n+]2cc3cc(Cl)ccc3cc2-c2ccccc2)cc1. The van der Waals surface area contributed by atoms with E-state index in [0.29, 0.717) is 10.7 Å². The average molecular weight is 409 g/mol. The maximum absolute atomic E-state index is 12.9. The fourth-order valence-electron chi connectivity index (χ4n) is 2.97. The number of sulfonamides is 1. The van der Waals surface area contributed by atoms with Crippen LogP contribution in [0.5, 0.6) is 0 Å². The molecule has 0 N–H and O–H groups in total. The summed E-state index contributed by atoms with van der Waals surface area (Å²) in [5, 5.41) is 2.32. The number of nitrogens with zero attached hydrogens (tertiary/aromatic N) is 2. The molecule has 3 aromatic carbocycles. The second kappa shape index (κ2) is 7.26. The first-order valence-electron chi connectivity index (χ1n) is 8.68. The lowest BCUT2D eigenvalue weighted by molar-refractivity contribution is -0.600. The van der Waals surface area contributed by atoms with Gasteiger partial charge in [0.15, 0.2) is 16.2 Å². The normalized spacial score (nSPS) is 11.5. The van der Waals surface area contributed by atoms with Crippen molar-refractivity contribution in [3.8, 4) is 11.3 Å². The van der Waals surface area contributed by atoms with Gasteiger partial charge in [-0.2, -0.15) is 0 Å². The van der Waals surface area contributed by atoms with Gasteiger partial charge < -0.3 is 4.83 Å². The van der Waals surface area contributed by atoms with Crippen molar-refractivity contribution in [1.29, 1.82) is 0 Å². The van der Waals surface area contributed by atoms with Gasteiger partial charge in [-0.05, 0) is 48.7 Å². The number of fused-ring (bicyclic) bond motifs is 1. The first-order chi connectivity index (χ1) is 13.4. The molecule has 0 aliphatic rings. The van der Waals surface area contributed by atoms with Gasteiger partial charge in [0, 0.05) is 22.0 Å². The minimum absolute atomic E-state index is 0.149. The Morgan fingerprint density at radius 3 is 2.29 bits per heavy atom. The van der Waals surface area contributed by atoms with E-state index in [4.69, 9.17) is 11.6 Å². The van der Waals surface area contributed by atoms with E-state index in [9.17, 15) is 8.42 Å². The molecule has 0 aliphatic carbocycles. The van der Waals surface area contributed by atoms with E-state index in [1.54, 1.807) is 36.5 Å². The Morgan fingerprint density at radius 2 is 1.57 bits per heavy atom. The fraction of sp³-hybridized carbons (Fsp3) is 0.0455. The molecule has 4 rings (SSSR count). The van der Waals surface area contributed by atoms with Crippen molar-refractivity contribution in [1.82, 2.24) is 0 Å². The third kappa shape index (κ3) is 3.72. The molecule has 6 heteroatoms. The number of aromatic nitrogens is 1. The highest BCUT2D eigenvalue weighted by Gasteiger charge is 2.16. The summed E-state index contributed by atoms with van der Waals surface area (Å²) in [7, 11) is -3.88. The van der Waals surface area contributed by atoms with Crippen LogP contribution in [0, 0.1) is 6.92 Å². The van der Waals surface area contributed by atoms with E-state index in [2.05, 4.69) is 4.83 Å². The lowest BCUT2D eigenvalue weighted by Crippen LogP contribution is -2.34. The summed E-state index contributed by atoms with van der Waals surface area (Å²) in [4.78, 5) is 4.24. The lowest BCUT2D eigenvalue weighted by atomic mass is 10.1. The zero-order valence-electron chi connectivity index (χ0n) is 15.1. The highest BCUT2D eigenvalue weighted by atomic mass is 35.5. The van der Waals surface area contributed by atoms with Crippen molar-refractivity contribution < 1.29 is 13.1 Å². The van der Waals surface area contributed by atoms with E-state index in [-0.39, 0.29) is 4.90 Å². The zero-order chi connectivity index (χ0) is 19.7. The van der Waals surface area contributed by atoms with Gasteiger partial charge in [0.25, 0.3) is 0 Å². The van der Waals surface area contributed by atoms with Crippen molar-refractivity contribution in [3.05, 3.63) is 100 Å². The summed E-state index contributed by atoms with van der Waals surface area (Å²) in [6, 6.07) is 23.6. The molecule has 0 amide bonds. The van der Waals surface area contributed by atoms with Crippen molar-refractivity contribution in [3.63, 3.8) is 0 Å². The van der Waals surface area contributed by atoms with Crippen molar-refractivity contribution in [2.24, 2.45) is 0 Å². The molecule has 0 fully saturated rings. The molecule has 4 nitrogen and oxygen atoms in total. The van der Waals surface area contributed by atoms with Crippen molar-refractivity contribution in [2.45, 2.75) is 11.8 Å². The Labute approximate surface area is 169 Å². The Bertz CT molecular complexity index is 1260. The van der Waals surface area contributed by atoms with Gasteiger partial charge in [0.2, 0.25) is 5.69 Å². The number of pyridine rings is 1. The maximum Gasteiger partial charge on any atom is 0.209 e. The monoisotopic (exact) mass is 408 g/mol. The number of hydrogen-bond acceptors (Lipinski definition) is 2. The van der Waals surface area contributed by atoms with E-state index in [0.717, 1.165) is 21.9 Å². The van der Waals surface area contributed by atoms with Gasteiger partial charge in [-0.3, -0.25) is 0 Å². The van der Waals surface area contributed by atoms with E-state index >= 15 is 0 Å². The molecular formula is C22H17ClN2O2S. The molecule has 28 heavy (non-hydrogen) atoms. The van der Waals surface area contributed by atoms with Gasteiger partial charge in [-0.1, -0.05) is 53.6 Å². The highest BCUT2D eigenvalue weighted by molar-refractivity contribution is 7.93. The van der Waals surface area contributed by atoms with Crippen molar-refractivity contribution >= 4 is 32.4 Å². The van der Waals surface area contributed by atoms with Crippen LogP contribution in [0.15, 0.2) is 90.0 Å². The van der Waals surface area contributed by atoms with E-state index < -0.39 is 10.0 Å². The van der Waals surface area contributed by atoms with Gasteiger partial charge in [-0.25, -0.2) is 13.1 Å². The molecule has 0 radical (unpaired) electrons. The second-order valence-electron chi connectivity index (χ2n) is 6.51. The van der Waals surface area contributed by atoms with Crippen LogP contribution in [0.25, 0.3) is 26.9 Å². The first kappa shape index (κ1) is 18.5. The number of aryl methyl sites for hydroxylation is 1. The fourth-order valence-corrected chi connectivity index (χ4v) is 4.09. The summed E-state index contributed by atoms with van der Waals surface area (Å²) in [5.41, 5.74) is 2.52. The number of rotatable bonds is 4. The number of halogens is 1. The number of benzene rings is 3. The first-order valence-corrected chi connectivity index (χ1v) is 10.5. The molecule has 0 atom stereocenters. The average Bonchev–Trinajstić information content (AvgIpc) is 2.68. The third-order valence-electron chi connectivity index (χ3n) is 4.43. The Kier molecular flexibility index (Phi) is 4.79. The molecule has 0 spiro atoms. The van der Waals surface area contributed by atoms with Crippen molar-refractivity contribution in [2.75, 3.05) is 0 Å². The van der Waals surface area contributed by atoms with Crippen LogP contribution >= 0.6 is 11.6 Å². The predicted octanol–water partition coefficient (Wildman–Crippen LogP) is 5.28.